The lowest BCUT2D eigenvalue weighted by atomic mass is 10.3. The first-order valence-corrected chi connectivity index (χ1v) is 8.89. The summed E-state index contributed by atoms with van der Waals surface area (Å²) >= 11 is 11.9. The van der Waals surface area contributed by atoms with Crippen LogP contribution in [0.15, 0.2) is 29.3 Å². The Morgan fingerprint density at radius 2 is 1.95 bits per heavy atom. The number of benzene rings is 1. The topological polar surface area (TPSA) is 61.2 Å². The molecule has 21 heavy (non-hydrogen) atoms. The predicted molar refractivity (Wildman–Crippen MR) is 81.9 cm³/mol. The third kappa shape index (κ3) is 3.83. The number of nitrogens with zero attached hydrogens (tertiary/aromatic N) is 2. The fraction of sp³-hybridized carbons (Fsp3) is 0.250. The molecular weight excluding hydrogens is 359 g/mol. The van der Waals surface area contributed by atoms with Gasteiger partial charge < -0.3 is 4.74 Å². The summed E-state index contributed by atoms with van der Waals surface area (Å²) < 4.78 is 29.8. The van der Waals surface area contributed by atoms with Gasteiger partial charge in [-0.25, -0.2) is 8.42 Å². The van der Waals surface area contributed by atoms with Crippen LogP contribution in [0.4, 0.5) is 0 Å². The zero-order valence-corrected chi connectivity index (χ0v) is 14.0. The molecule has 114 valence electrons. The van der Waals surface area contributed by atoms with E-state index >= 15 is 0 Å². The summed E-state index contributed by atoms with van der Waals surface area (Å²) in [6.07, 6.45) is 2.32. The van der Waals surface area contributed by atoms with E-state index in [-0.39, 0.29) is 14.9 Å². The van der Waals surface area contributed by atoms with E-state index in [0.717, 1.165) is 5.69 Å². The maximum atomic E-state index is 11.3. The first-order chi connectivity index (χ1) is 9.80. The average Bonchev–Trinajstić information content (AvgIpc) is 2.79. The second-order valence-corrected chi connectivity index (χ2v) is 7.46. The first kappa shape index (κ1) is 16.4. The number of hydrogen-bond acceptors (Lipinski definition) is 4. The van der Waals surface area contributed by atoms with Gasteiger partial charge in [-0.15, -0.1) is 0 Å². The summed E-state index contributed by atoms with van der Waals surface area (Å²) in [4.78, 5) is -0.241. The monoisotopic (exact) mass is 368 g/mol. The van der Waals surface area contributed by atoms with Crippen LogP contribution >= 0.6 is 33.9 Å². The number of ether oxygens (including phenoxy) is 1. The van der Waals surface area contributed by atoms with Crippen molar-refractivity contribution in [3.05, 3.63) is 40.1 Å². The Morgan fingerprint density at radius 3 is 2.52 bits per heavy atom. The van der Waals surface area contributed by atoms with E-state index in [1.807, 2.05) is 13.1 Å². The third-order valence-electron chi connectivity index (χ3n) is 2.81. The highest BCUT2D eigenvalue weighted by Gasteiger charge is 2.19. The lowest BCUT2D eigenvalue weighted by Crippen LogP contribution is -2.06. The van der Waals surface area contributed by atoms with Crippen LogP contribution in [0.5, 0.6) is 5.75 Å². The molecule has 5 nitrogen and oxygen atoms in total. The molecule has 0 aliphatic heterocycles. The van der Waals surface area contributed by atoms with Crippen molar-refractivity contribution >= 4 is 42.9 Å². The Kier molecular flexibility index (Phi) is 5.03. The third-order valence-corrected chi connectivity index (χ3v) is 5.15. The Morgan fingerprint density at radius 1 is 1.24 bits per heavy atom. The minimum absolute atomic E-state index is 0.0170. The second-order valence-electron chi connectivity index (χ2n) is 4.17. The highest BCUT2D eigenvalue weighted by molar-refractivity contribution is 8.13. The zero-order valence-electron chi connectivity index (χ0n) is 10.9. The highest BCUT2D eigenvalue weighted by Crippen LogP contribution is 2.37. The molecule has 0 saturated heterocycles. The Labute approximate surface area is 136 Å². The summed E-state index contributed by atoms with van der Waals surface area (Å²) in [7, 11) is 3.14. The van der Waals surface area contributed by atoms with Gasteiger partial charge in [0.15, 0.2) is 0 Å². The molecule has 2 aromatic rings. The van der Waals surface area contributed by atoms with Crippen LogP contribution in [0, 0.1) is 0 Å². The molecule has 0 N–H and O–H groups in total. The van der Waals surface area contributed by atoms with Gasteiger partial charge in [0.25, 0.3) is 9.05 Å². The van der Waals surface area contributed by atoms with Gasteiger partial charge in [-0.2, -0.15) is 5.10 Å². The molecule has 0 saturated carbocycles. The predicted octanol–water partition coefficient (Wildman–Crippen LogP) is 3.28. The van der Waals surface area contributed by atoms with Gasteiger partial charge in [0.05, 0.1) is 11.6 Å². The zero-order chi connectivity index (χ0) is 15.6. The van der Waals surface area contributed by atoms with Crippen molar-refractivity contribution in [1.29, 1.82) is 0 Å². The normalized spacial score (nSPS) is 11.6. The van der Waals surface area contributed by atoms with Crippen molar-refractivity contribution in [2.24, 2.45) is 7.05 Å². The van der Waals surface area contributed by atoms with Gasteiger partial charge in [-0.05, 0) is 18.2 Å². The molecule has 0 unspecified atom stereocenters. The first-order valence-electron chi connectivity index (χ1n) is 5.83. The van der Waals surface area contributed by atoms with Gasteiger partial charge in [0.2, 0.25) is 0 Å². The smallest absolute Gasteiger partial charge is 0.262 e. The number of aryl methyl sites for hydroxylation is 1. The van der Waals surface area contributed by atoms with Crippen molar-refractivity contribution in [1.82, 2.24) is 9.78 Å². The second kappa shape index (κ2) is 6.44. The minimum atomic E-state index is -3.95. The van der Waals surface area contributed by atoms with Crippen LogP contribution in [0.25, 0.3) is 0 Å². The maximum Gasteiger partial charge on any atom is 0.262 e. The molecule has 1 aromatic carbocycles. The van der Waals surface area contributed by atoms with Crippen molar-refractivity contribution in [2.45, 2.75) is 11.3 Å². The van der Waals surface area contributed by atoms with Gasteiger partial charge in [0.1, 0.15) is 15.7 Å². The SMILES string of the molecule is Cn1nccc1CCOc1ccc(S(=O)(=O)Cl)c(Cl)c1Cl. The van der Waals surface area contributed by atoms with Crippen LogP contribution in [-0.4, -0.2) is 24.8 Å². The van der Waals surface area contributed by atoms with E-state index in [9.17, 15) is 8.42 Å². The molecule has 0 atom stereocenters. The van der Waals surface area contributed by atoms with Gasteiger partial charge in [-0.1, -0.05) is 23.2 Å². The van der Waals surface area contributed by atoms with E-state index in [0.29, 0.717) is 18.8 Å². The molecule has 1 aromatic heterocycles. The lowest BCUT2D eigenvalue weighted by Gasteiger charge is -2.10. The Hall–Kier alpha value is -0.950. The van der Waals surface area contributed by atoms with Crippen molar-refractivity contribution in [2.75, 3.05) is 6.61 Å². The van der Waals surface area contributed by atoms with E-state index in [1.165, 1.54) is 12.1 Å². The molecule has 0 aliphatic carbocycles. The molecule has 0 fully saturated rings. The van der Waals surface area contributed by atoms with Crippen LogP contribution in [0.1, 0.15) is 5.69 Å². The van der Waals surface area contributed by atoms with Crippen molar-refractivity contribution in [3.8, 4) is 5.75 Å². The molecule has 9 heteroatoms. The number of hydrogen-bond donors (Lipinski definition) is 0. The molecule has 0 amide bonds. The van der Waals surface area contributed by atoms with E-state index in [4.69, 9.17) is 38.6 Å². The summed E-state index contributed by atoms with van der Waals surface area (Å²) in [6.45, 7) is 0.350. The van der Waals surface area contributed by atoms with Crippen molar-refractivity contribution in [3.63, 3.8) is 0 Å². The summed E-state index contributed by atoms with van der Waals surface area (Å²) in [5.74, 6) is 0.299. The molecule has 2 rings (SSSR count). The van der Waals surface area contributed by atoms with Crippen LogP contribution in [0.3, 0.4) is 0 Å². The van der Waals surface area contributed by atoms with E-state index < -0.39 is 9.05 Å². The molecule has 0 spiro atoms. The molecule has 0 radical (unpaired) electrons. The molecule has 0 aliphatic rings. The summed E-state index contributed by atoms with van der Waals surface area (Å²) in [5.41, 5.74) is 0.997. The molecule has 1 heterocycles. The number of aromatic nitrogens is 2. The van der Waals surface area contributed by atoms with Crippen LogP contribution in [0.2, 0.25) is 10.0 Å². The van der Waals surface area contributed by atoms with Crippen LogP contribution in [-0.2, 0) is 22.5 Å². The fourth-order valence-corrected chi connectivity index (χ4v) is 3.51. The van der Waals surface area contributed by atoms with Gasteiger partial charge in [0, 0.05) is 36.0 Å². The maximum absolute atomic E-state index is 11.3. The molecular formula is C12H11Cl3N2O3S. The minimum Gasteiger partial charge on any atom is -0.492 e. The Balaban J connectivity index is 2.12. The fourth-order valence-electron chi connectivity index (χ4n) is 1.73. The quantitative estimate of drug-likeness (QED) is 0.759. The largest absolute Gasteiger partial charge is 0.492 e. The lowest BCUT2D eigenvalue weighted by molar-refractivity contribution is 0.318. The number of halogens is 3. The van der Waals surface area contributed by atoms with Gasteiger partial charge >= 0.3 is 0 Å². The van der Waals surface area contributed by atoms with Crippen LogP contribution < -0.4 is 4.74 Å². The Bertz CT molecular complexity index is 759. The average molecular weight is 370 g/mol. The van der Waals surface area contributed by atoms with Gasteiger partial charge in [-0.3, -0.25) is 4.68 Å². The number of rotatable bonds is 5. The summed E-state index contributed by atoms with van der Waals surface area (Å²) in [6, 6.07) is 4.56. The standard InChI is InChI=1S/C12H11Cl3N2O3S/c1-17-8(4-6-16-17)5-7-20-9-2-3-10(21(15,18)19)12(14)11(9)13/h2-4,6H,5,7H2,1H3. The van der Waals surface area contributed by atoms with Crippen molar-refractivity contribution < 1.29 is 13.2 Å². The van der Waals surface area contributed by atoms with E-state index in [1.54, 1.807) is 10.9 Å². The highest BCUT2D eigenvalue weighted by atomic mass is 35.7. The summed E-state index contributed by atoms with van der Waals surface area (Å²) in [5, 5.41) is 3.91. The molecule has 0 bridgehead atoms. The van der Waals surface area contributed by atoms with E-state index in [2.05, 4.69) is 5.10 Å².